The number of carbonyl (C=O) groups excluding carboxylic acids is 1. The molecule has 3 nitrogen and oxygen atoms in total. The van der Waals surface area contributed by atoms with Gasteiger partial charge in [0.05, 0.1) is 5.92 Å². The second-order valence-electron chi connectivity index (χ2n) is 5.74. The van der Waals surface area contributed by atoms with E-state index < -0.39 is 0 Å². The van der Waals surface area contributed by atoms with Gasteiger partial charge in [-0.15, -0.1) is 0 Å². The van der Waals surface area contributed by atoms with Crippen LogP contribution in [0, 0.1) is 5.92 Å². The van der Waals surface area contributed by atoms with E-state index >= 15 is 0 Å². The summed E-state index contributed by atoms with van der Waals surface area (Å²) in [7, 11) is 1.97. The molecule has 0 radical (unpaired) electrons. The van der Waals surface area contributed by atoms with Crippen LogP contribution in [0.1, 0.15) is 31.7 Å². The molecule has 0 spiro atoms. The van der Waals surface area contributed by atoms with Gasteiger partial charge >= 0.3 is 0 Å². The van der Waals surface area contributed by atoms with Crippen molar-refractivity contribution in [3.05, 3.63) is 35.9 Å². The third-order valence-electron chi connectivity index (χ3n) is 4.33. The van der Waals surface area contributed by atoms with E-state index in [0.29, 0.717) is 11.9 Å². The number of nitrogens with zero attached hydrogens (tertiary/aromatic N) is 1. The topological polar surface area (TPSA) is 32.3 Å². The average molecular weight is 274 g/mol. The van der Waals surface area contributed by atoms with Crippen molar-refractivity contribution in [2.24, 2.45) is 5.92 Å². The van der Waals surface area contributed by atoms with Crippen LogP contribution in [-0.4, -0.2) is 37.0 Å². The summed E-state index contributed by atoms with van der Waals surface area (Å²) in [6, 6.07) is 10.7. The number of piperidine rings is 1. The van der Waals surface area contributed by atoms with Crippen molar-refractivity contribution in [3.63, 3.8) is 0 Å². The minimum absolute atomic E-state index is 0.165. The van der Waals surface area contributed by atoms with E-state index in [2.05, 4.69) is 36.5 Å². The maximum absolute atomic E-state index is 12.6. The lowest BCUT2D eigenvalue weighted by molar-refractivity contribution is -0.136. The predicted molar refractivity (Wildman–Crippen MR) is 82.6 cm³/mol. The first-order valence-corrected chi connectivity index (χ1v) is 7.73. The molecule has 2 atom stereocenters. The van der Waals surface area contributed by atoms with Crippen molar-refractivity contribution in [3.8, 4) is 0 Å². The molecule has 1 heterocycles. The van der Waals surface area contributed by atoms with Gasteiger partial charge in [0.1, 0.15) is 0 Å². The molecule has 2 rings (SSSR count). The van der Waals surface area contributed by atoms with Gasteiger partial charge in [0.2, 0.25) is 5.91 Å². The van der Waals surface area contributed by atoms with E-state index in [4.69, 9.17) is 0 Å². The molecule has 0 aliphatic carbocycles. The maximum Gasteiger partial charge on any atom is 0.226 e. The first kappa shape index (κ1) is 15.0. The molecular weight excluding hydrogens is 248 g/mol. The lowest BCUT2D eigenvalue weighted by Crippen LogP contribution is -2.46. The van der Waals surface area contributed by atoms with Crippen molar-refractivity contribution in [1.29, 1.82) is 0 Å². The van der Waals surface area contributed by atoms with Gasteiger partial charge in [-0.2, -0.15) is 0 Å². The number of hydrogen-bond donors (Lipinski definition) is 1. The third-order valence-corrected chi connectivity index (χ3v) is 4.33. The molecule has 1 aromatic rings. The standard InChI is InChI=1S/C17H26N2O/c1-3-16(12-14-8-5-4-6-9-14)19(2)17(20)15-10-7-11-18-13-15/h4-6,8-9,15-16,18H,3,7,10-13H2,1-2H3. The molecule has 0 aromatic heterocycles. The maximum atomic E-state index is 12.6. The van der Waals surface area contributed by atoms with E-state index in [1.54, 1.807) is 0 Å². The zero-order valence-electron chi connectivity index (χ0n) is 12.6. The van der Waals surface area contributed by atoms with Gasteiger partial charge in [-0.05, 0) is 37.8 Å². The Labute approximate surface area is 122 Å². The molecule has 2 unspecified atom stereocenters. The molecule has 1 aliphatic rings. The molecule has 0 saturated carbocycles. The molecule has 110 valence electrons. The summed E-state index contributed by atoms with van der Waals surface area (Å²) in [6.45, 7) is 4.05. The number of nitrogens with one attached hydrogen (secondary N) is 1. The van der Waals surface area contributed by atoms with Gasteiger partial charge in [-0.1, -0.05) is 37.3 Å². The van der Waals surface area contributed by atoms with Crippen LogP contribution in [0.5, 0.6) is 0 Å². The third kappa shape index (κ3) is 3.83. The number of rotatable bonds is 5. The van der Waals surface area contributed by atoms with Crippen molar-refractivity contribution in [2.45, 2.75) is 38.6 Å². The fourth-order valence-corrected chi connectivity index (χ4v) is 2.97. The van der Waals surface area contributed by atoms with E-state index in [1.807, 2.05) is 18.0 Å². The fourth-order valence-electron chi connectivity index (χ4n) is 2.97. The molecule has 1 saturated heterocycles. The Kier molecular flexibility index (Phi) is 5.60. The normalized spacial score (nSPS) is 20.4. The molecule has 1 N–H and O–H groups in total. The van der Waals surface area contributed by atoms with E-state index in [0.717, 1.165) is 38.8 Å². The van der Waals surface area contributed by atoms with Gasteiger partial charge in [0.15, 0.2) is 0 Å². The van der Waals surface area contributed by atoms with Gasteiger partial charge in [-0.3, -0.25) is 4.79 Å². The molecule has 20 heavy (non-hydrogen) atoms. The molecule has 1 aliphatic heterocycles. The Morgan fingerprint density at radius 2 is 2.15 bits per heavy atom. The Hall–Kier alpha value is -1.35. The number of hydrogen-bond acceptors (Lipinski definition) is 2. The lowest BCUT2D eigenvalue weighted by atomic mass is 9.96. The highest BCUT2D eigenvalue weighted by Crippen LogP contribution is 2.17. The molecule has 1 amide bonds. The quantitative estimate of drug-likeness (QED) is 0.894. The zero-order valence-corrected chi connectivity index (χ0v) is 12.6. The average Bonchev–Trinajstić information content (AvgIpc) is 2.53. The number of likely N-dealkylation sites (N-methyl/N-ethyl adjacent to an activating group) is 1. The second kappa shape index (κ2) is 7.44. The summed E-state index contributed by atoms with van der Waals surface area (Å²) in [6.07, 6.45) is 4.08. The lowest BCUT2D eigenvalue weighted by Gasteiger charge is -2.32. The number of benzene rings is 1. The molecular formula is C17H26N2O. The van der Waals surface area contributed by atoms with Crippen LogP contribution in [0.2, 0.25) is 0 Å². The molecule has 1 aromatic carbocycles. The highest BCUT2D eigenvalue weighted by molar-refractivity contribution is 5.79. The number of amides is 1. The Bertz CT molecular complexity index is 412. The van der Waals surface area contributed by atoms with Crippen LogP contribution in [0.25, 0.3) is 0 Å². The smallest absolute Gasteiger partial charge is 0.226 e. The van der Waals surface area contributed by atoms with Crippen LogP contribution >= 0.6 is 0 Å². The zero-order chi connectivity index (χ0) is 14.4. The van der Waals surface area contributed by atoms with Crippen LogP contribution < -0.4 is 5.32 Å². The van der Waals surface area contributed by atoms with Crippen molar-refractivity contribution in [2.75, 3.05) is 20.1 Å². The van der Waals surface area contributed by atoms with E-state index in [9.17, 15) is 4.79 Å². The fraction of sp³-hybridized carbons (Fsp3) is 0.588. The van der Waals surface area contributed by atoms with Crippen molar-refractivity contribution < 1.29 is 4.79 Å². The van der Waals surface area contributed by atoms with Crippen LogP contribution in [-0.2, 0) is 11.2 Å². The predicted octanol–water partition coefficient (Wildman–Crippen LogP) is 2.47. The van der Waals surface area contributed by atoms with Gasteiger partial charge < -0.3 is 10.2 Å². The molecule has 3 heteroatoms. The van der Waals surface area contributed by atoms with Gasteiger partial charge in [-0.25, -0.2) is 0 Å². The number of carbonyl (C=O) groups is 1. The van der Waals surface area contributed by atoms with Crippen LogP contribution in [0.4, 0.5) is 0 Å². The first-order chi connectivity index (χ1) is 9.72. The second-order valence-corrected chi connectivity index (χ2v) is 5.74. The Balaban J connectivity index is 1.97. The minimum atomic E-state index is 0.165. The Morgan fingerprint density at radius 3 is 2.75 bits per heavy atom. The van der Waals surface area contributed by atoms with E-state index in [1.165, 1.54) is 5.56 Å². The minimum Gasteiger partial charge on any atom is -0.342 e. The molecule has 0 bridgehead atoms. The van der Waals surface area contributed by atoms with Gasteiger partial charge in [0, 0.05) is 19.6 Å². The SMILES string of the molecule is CCC(Cc1ccccc1)N(C)C(=O)C1CCCNC1. The largest absolute Gasteiger partial charge is 0.342 e. The first-order valence-electron chi connectivity index (χ1n) is 7.73. The van der Waals surface area contributed by atoms with Crippen molar-refractivity contribution in [1.82, 2.24) is 10.2 Å². The summed E-state index contributed by atoms with van der Waals surface area (Å²) in [5.41, 5.74) is 1.31. The van der Waals surface area contributed by atoms with Crippen LogP contribution in [0.15, 0.2) is 30.3 Å². The van der Waals surface area contributed by atoms with Crippen molar-refractivity contribution >= 4 is 5.91 Å². The molecule has 1 fully saturated rings. The summed E-state index contributed by atoms with van der Waals surface area (Å²) in [5, 5.41) is 3.33. The van der Waals surface area contributed by atoms with E-state index in [-0.39, 0.29) is 5.92 Å². The highest BCUT2D eigenvalue weighted by atomic mass is 16.2. The summed E-state index contributed by atoms with van der Waals surface area (Å²) < 4.78 is 0. The summed E-state index contributed by atoms with van der Waals surface area (Å²) in [5.74, 6) is 0.471. The Morgan fingerprint density at radius 1 is 1.40 bits per heavy atom. The van der Waals surface area contributed by atoms with Gasteiger partial charge in [0.25, 0.3) is 0 Å². The summed E-state index contributed by atoms with van der Waals surface area (Å²) in [4.78, 5) is 14.6. The summed E-state index contributed by atoms with van der Waals surface area (Å²) >= 11 is 0. The van der Waals surface area contributed by atoms with Crippen LogP contribution in [0.3, 0.4) is 0 Å². The highest BCUT2D eigenvalue weighted by Gasteiger charge is 2.27. The monoisotopic (exact) mass is 274 g/mol.